The summed E-state index contributed by atoms with van der Waals surface area (Å²) in [6.45, 7) is 5.78. The van der Waals surface area contributed by atoms with Crippen molar-refractivity contribution in [1.82, 2.24) is 5.32 Å². The normalized spacial score (nSPS) is 19.1. The maximum Gasteiger partial charge on any atom is 0.264 e. The first-order chi connectivity index (χ1) is 15.3. The molecule has 0 saturated carbocycles. The van der Waals surface area contributed by atoms with Crippen LogP contribution in [0.15, 0.2) is 64.3 Å². The van der Waals surface area contributed by atoms with Gasteiger partial charge in [0.1, 0.15) is 16.5 Å². The molecule has 9 heteroatoms. The Kier molecular flexibility index (Phi) is 6.12. The second-order valence-corrected chi connectivity index (χ2v) is 9.67. The van der Waals surface area contributed by atoms with Crippen LogP contribution >= 0.6 is 0 Å². The highest BCUT2D eigenvalue weighted by Gasteiger charge is 2.24. The number of hydrogen-bond acceptors (Lipinski definition) is 6. The minimum absolute atomic E-state index is 0.252. The van der Waals surface area contributed by atoms with E-state index in [4.69, 9.17) is 9.15 Å². The number of benzene rings is 2. The van der Waals surface area contributed by atoms with Gasteiger partial charge in [0, 0.05) is 36.4 Å². The molecule has 0 spiro atoms. The molecule has 0 radical (unpaired) electrons. The molecule has 7 nitrogen and oxygen atoms in total. The zero-order valence-corrected chi connectivity index (χ0v) is 18.9. The van der Waals surface area contributed by atoms with Gasteiger partial charge in [0.15, 0.2) is 0 Å². The molecule has 2 N–H and O–H groups in total. The van der Waals surface area contributed by atoms with Crippen LogP contribution in [0.2, 0.25) is 0 Å². The number of nitrogens with zero attached hydrogens (tertiary/aromatic N) is 1. The Hall–Kier alpha value is -3.04. The predicted octanol–water partition coefficient (Wildman–Crippen LogP) is 4.08. The molecule has 32 heavy (non-hydrogen) atoms. The van der Waals surface area contributed by atoms with Gasteiger partial charge in [0.2, 0.25) is 0 Å². The van der Waals surface area contributed by atoms with E-state index in [9.17, 15) is 12.8 Å². The second kappa shape index (κ2) is 8.84. The van der Waals surface area contributed by atoms with Gasteiger partial charge >= 0.3 is 0 Å². The summed E-state index contributed by atoms with van der Waals surface area (Å²) in [7, 11) is -2.73. The van der Waals surface area contributed by atoms with Gasteiger partial charge in [-0.2, -0.15) is 0 Å². The maximum absolute atomic E-state index is 14.8. The SMILES string of the molecule is COc1ccc(N2C[C@@H](C)N[C@@H](C)C2)cc1NS(=O)(=O)c1ccc(-c2ccoc2)cc1F. The quantitative estimate of drug-likeness (QED) is 0.578. The summed E-state index contributed by atoms with van der Waals surface area (Å²) >= 11 is 0. The summed E-state index contributed by atoms with van der Waals surface area (Å²) in [5, 5.41) is 3.47. The molecule has 170 valence electrons. The van der Waals surface area contributed by atoms with Gasteiger partial charge in [-0.3, -0.25) is 4.72 Å². The van der Waals surface area contributed by atoms with Crippen LogP contribution in [0.4, 0.5) is 15.8 Å². The fourth-order valence-corrected chi connectivity index (χ4v) is 5.16. The van der Waals surface area contributed by atoms with E-state index in [1.807, 2.05) is 6.07 Å². The lowest BCUT2D eigenvalue weighted by molar-refractivity contribution is 0.406. The number of rotatable bonds is 6. The molecule has 2 heterocycles. The fraction of sp³-hybridized carbons (Fsp3) is 0.304. The van der Waals surface area contributed by atoms with Crippen molar-refractivity contribution in [3.8, 4) is 16.9 Å². The van der Waals surface area contributed by atoms with Gasteiger partial charge in [-0.15, -0.1) is 0 Å². The van der Waals surface area contributed by atoms with Crippen molar-refractivity contribution in [2.24, 2.45) is 0 Å². The van der Waals surface area contributed by atoms with Crippen molar-refractivity contribution in [3.05, 3.63) is 60.8 Å². The van der Waals surface area contributed by atoms with E-state index in [0.717, 1.165) is 18.8 Å². The van der Waals surface area contributed by atoms with Crippen LogP contribution in [0.1, 0.15) is 13.8 Å². The molecular formula is C23H26FN3O4S. The van der Waals surface area contributed by atoms with E-state index in [1.165, 1.54) is 31.8 Å². The van der Waals surface area contributed by atoms with Crippen LogP contribution in [0.5, 0.6) is 5.75 Å². The molecule has 0 unspecified atom stereocenters. The van der Waals surface area contributed by atoms with Crippen LogP contribution in [0, 0.1) is 5.82 Å². The minimum atomic E-state index is -4.19. The Bertz CT molecular complexity index is 1190. The molecule has 4 rings (SSSR count). The van der Waals surface area contributed by atoms with E-state index in [1.54, 1.807) is 24.3 Å². The minimum Gasteiger partial charge on any atom is -0.495 e. The average molecular weight is 460 g/mol. The summed E-state index contributed by atoms with van der Waals surface area (Å²) in [5.74, 6) is -0.500. The van der Waals surface area contributed by atoms with Crippen LogP contribution < -0.4 is 19.7 Å². The molecule has 0 aliphatic carbocycles. The number of halogens is 1. The monoisotopic (exact) mass is 459 g/mol. The van der Waals surface area contributed by atoms with Crippen LogP contribution in [0.3, 0.4) is 0 Å². The van der Waals surface area contributed by atoms with E-state index in [0.29, 0.717) is 29.0 Å². The number of piperazine rings is 1. The Balaban J connectivity index is 1.64. The number of sulfonamides is 1. The largest absolute Gasteiger partial charge is 0.495 e. The standard InChI is InChI=1S/C23H26FN3O4S/c1-15-12-27(13-16(2)25-15)19-5-6-22(30-3)21(11-19)26-32(28,29)23-7-4-17(10-20(23)24)18-8-9-31-14-18/h4-11,14-16,25-26H,12-13H2,1-3H3/t15-,16+. The Morgan fingerprint density at radius 2 is 1.84 bits per heavy atom. The molecule has 0 bridgehead atoms. The molecule has 1 aliphatic rings. The number of hydrogen-bond donors (Lipinski definition) is 2. The predicted molar refractivity (Wildman–Crippen MR) is 122 cm³/mol. The number of anilines is 2. The highest BCUT2D eigenvalue weighted by Crippen LogP contribution is 2.33. The summed E-state index contributed by atoms with van der Waals surface area (Å²) < 4.78 is 53.7. The summed E-state index contributed by atoms with van der Waals surface area (Å²) in [5.41, 5.74) is 2.30. The first-order valence-corrected chi connectivity index (χ1v) is 11.8. The molecule has 1 aliphatic heterocycles. The van der Waals surface area contributed by atoms with Crippen molar-refractivity contribution in [1.29, 1.82) is 0 Å². The average Bonchev–Trinajstić information content (AvgIpc) is 3.27. The third-order valence-electron chi connectivity index (χ3n) is 5.43. The van der Waals surface area contributed by atoms with Crippen LogP contribution in [-0.4, -0.2) is 40.7 Å². The Morgan fingerprint density at radius 1 is 1.09 bits per heavy atom. The number of nitrogens with one attached hydrogen (secondary N) is 2. The molecule has 3 aromatic rings. The zero-order chi connectivity index (χ0) is 22.9. The van der Waals surface area contributed by atoms with E-state index < -0.39 is 20.7 Å². The summed E-state index contributed by atoms with van der Waals surface area (Å²) in [6, 6.07) is 11.6. The van der Waals surface area contributed by atoms with Crippen LogP contribution in [-0.2, 0) is 10.0 Å². The van der Waals surface area contributed by atoms with Gasteiger partial charge in [0.25, 0.3) is 10.0 Å². The van der Waals surface area contributed by atoms with E-state index in [2.05, 4.69) is 28.8 Å². The van der Waals surface area contributed by atoms with Gasteiger partial charge in [0.05, 0.1) is 25.3 Å². The lowest BCUT2D eigenvalue weighted by atomic mass is 10.1. The molecule has 1 saturated heterocycles. The number of ether oxygens (including phenoxy) is 1. The summed E-state index contributed by atoms with van der Waals surface area (Å²) in [6.07, 6.45) is 2.94. The molecule has 1 aromatic heterocycles. The highest BCUT2D eigenvalue weighted by molar-refractivity contribution is 7.92. The van der Waals surface area contributed by atoms with Gasteiger partial charge in [-0.1, -0.05) is 6.07 Å². The van der Waals surface area contributed by atoms with Crippen molar-refractivity contribution in [2.45, 2.75) is 30.8 Å². The first kappa shape index (κ1) is 22.2. The van der Waals surface area contributed by atoms with Gasteiger partial charge < -0.3 is 19.4 Å². The van der Waals surface area contributed by atoms with Gasteiger partial charge in [-0.05, 0) is 55.8 Å². The third-order valence-corrected chi connectivity index (χ3v) is 6.82. The molecule has 2 aromatic carbocycles. The van der Waals surface area contributed by atoms with Gasteiger partial charge in [-0.25, -0.2) is 12.8 Å². The van der Waals surface area contributed by atoms with E-state index >= 15 is 0 Å². The van der Waals surface area contributed by atoms with Crippen molar-refractivity contribution in [3.63, 3.8) is 0 Å². The number of methoxy groups -OCH3 is 1. The Labute approximate surface area is 187 Å². The summed E-state index contributed by atoms with van der Waals surface area (Å²) in [4.78, 5) is 1.74. The molecule has 2 atom stereocenters. The van der Waals surface area contributed by atoms with Crippen molar-refractivity contribution >= 4 is 21.4 Å². The lowest BCUT2D eigenvalue weighted by Gasteiger charge is -2.38. The first-order valence-electron chi connectivity index (χ1n) is 10.3. The third kappa shape index (κ3) is 4.58. The Morgan fingerprint density at radius 3 is 2.47 bits per heavy atom. The lowest BCUT2D eigenvalue weighted by Crippen LogP contribution is -2.54. The van der Waals surface area contributed by atoms with Crippen molar-refractivity contribution in [2.75, 3.05) is 29.8 Å². The fourth-order valence-electron chi connectivity index (χ4n) is 4.04. The topological polar surface area (TPSA) is 83.8 Å². The van der Waals surface area contributed by atoms with E-state index in [-0.39, 0.29) is 5.69 Å². The second-order valence-electron chi connectivity index (χ2n) is 8.02. The number of furan rings is 1. The van der Waals surface area contributed by atoms with Crippen molar-refractivity contribution < 1.29 is 22.0 Å². The maximum atomic E-state index is 14.8. The zero-order valence-electron chi connectivity index (χ0n) is 18.1. The molecule has 1 fully saturated rings. The molecular weight excluding hydrogens is 433 g/mol. The highest BCUT2D eigenvalue weighted by atomic mass is 32.2. The molecule has 0 amide bonds. The van der Waals surface area contributed by atoms with Crippen LogP contribution in [0.25, 0.3) is 11.1 Å². The smallest absolute Gasteiger partial charge is 0.264 e.